The number of rotatable bonds is 8. The van der Waals surface area contributed by atoms with Crippen LogP contribution in [-0.4, -0.2) is 56.6 Å². The fourth-order valence-corrected chi connectivity index (χ4v) is 2.65. The van der Waals surface area contributed by atoms with Crippen molar-refractivity contribution in [2.45, 2.75) is 13.1 Å². The van der Waals surface area contributed by atoms with Gasteiger partial charge in [-0.15, -0.1) is 0 Å². The number of benzene rings is 1. The van der Waals surface area contributed by atoms with Gasteiger partial charge in [0.25, 0.3) is 0 Å². The molecule has 3 aromatic rings. The summed E-state index contributed by atoms with van der Waals surface area (Å²) in [4.78, 5) is 35.5. The van der Waals surface area contributed by atoms with Crippen LogP contribution in [0, 0.1) is 0 Å². The molecule has 0 unspecified atom stereocenters. The van der Waals surface area contributed by atoms with E-state index >= 15 is 0 Å². The molecule has 10 nitrogen and oxygen atoms in total. The Hall–Kier alpha value is -3.95. The number of hydrogen-bond donors (Lipinski definition) is 1. The van der Waals surface area contributed by atoms with Crippen LogP contribution < -0.4 is 4.74 Å². The molecule has 0 saturated carbocycles. The Labute approximate surface area is 165 Å². The van der Waals surface area contributed by atoms with Gasteiger partial charge in [0.05, 0.1) is 32.5 Å². The second-order valence-corrected chi connectivity index (χ2v) is 6.07. The van der Waals surface area contributed by atoms with Gasteiger partial charge in [-0.25, -0.2) is 14.3 Å². The fourth-order valence-electron chi connectivity index (χ4n) is 2.65. The number of ketones is 1. The summed E-state index contributed by atoms with van der Waals surface area (Å²) in [6, 6.07) is 8.50. The predicted octanol–water partition coefficient (Wildman–Crippen LogP) is 1.50. The van der Waals surface area contributed by atoms with Crippen molar-refractivity contribution in [3.63, 3.8) is 0 Å². The minimum atomic E-state index is -1.31. The van der Waals surface area contributed by atoms with Gasteiger partial charge in [-0.05, 0) is 17.7 Å². The summed E-state index contributed by atoms with van der Waals surface area (Å²) >= 11 is 0. The van der Waals surface area contributed by atoms with Crippen molar-refractivity contribution in [1.82, 2.24) is 19.6 Å². The highest BCUT2D eigenvalue weighted by Crippen LogP contribution is 2.13. The van der Waals surface area contributed by atoms with Crippen LogP contribution >= 0.6 is 0 Å². The monoisotopic (exact) mass is 398 g/mol. The number of esters is 1. The van der Waals surface area contributed by atoms with E-state index in [4.69, 9.17) is 4.74 Å². The van der Waals surface area contributed by atoms with Crippen LogP contribution in [0.4, 0.5) is 0 Å². The van der Waals surface area contributed by atoms with Gasteiger partial charge in [-0.3, -0.25) is 9.48 Å². The number of carboxylic acid groups (broad SMARTS) is 1. The van der Waals surface area contributed by atoms with Gasteiger partial charge >= 0.3 is 11.9 Å². The molecule has 2 aromatic heterocycles. The molecule has 0 aliphatic carbocycles. The third kappa shape index (κ3) is 4.49. The maximum absolute atomic E-state index is 12.5. The van der Waals surface area contributed by atoms with Crippen molar-refractivity contribution in [3.8, 4) is 5.75 Å². The lowest BCUT2D eigenvalue weighted by Gasteiger charge is -2.04. The number of carbonyl (C=O) groups excluding carboxylic acids is 2. The number of carbonyl (C=O) groups is 3. The molecule has 1 aromatic carbocycles. The standard InChI is InChI=1S/C19H18N4O6/c1-28-14-5-3-12(4-6-14)9-22-10-13(8-20-22)17(24)11-23-16(18(25)26)7-15(21-23)19(27)29-2/h3-8,10H,9,11H2,1-2H3,(H,25,26). The van der Waals surface area contributed by atoms with Crippen molar-refractivity contribution in [1.29, 1.82) is 0 Å². The summed E-state index contributed by atoms with van der Waals surface area (Å²) in [5.74, 6) is -1.75. The van der Waals surface area contributed by atoms with Gasteiger partial charge in [0.1, 0.15) is 18.0 Å². The van der Waals surface area contributed by atoms with E-state index in [1.807, 2.05) is 24.3 Å². The van der Waals surface area contributed by atoms with Crippen LogP contribution in [0.1, 0.15) is 36.9 Å². The van der Waals surface area contributed by atoms with Gasteiger partial charge in [0, 0.05) is 12.3 Å². The molecule has 0 saturated heterocycles. The van der Waals surface area contributed by atoms with E-state index in [-0.39, 0.29) is 17.9 Å². The van der Waals surface area contributed by atoms with Gasteiger partial charge in [-0.1, -0.05) is 12.1 Å². The third-order valence-corrected chi connectivity index (χ3v) is 4.15. The molecule has 0 aliphatic rings. The van der Waals surface area contributed by atoms with Gasteiger partial charge in [0.15, 0.2) is 11.5 Å². The number of Topliss-reactive ketones (excluding diaryl/α,β-unsaturated/α-hetero) is 1. The van der Waals surface area contributed by atoms with Crippen LogP contribution in [0.5, 0.6) is 5.75 Å². The zero-order valence-corrected chi connectivity index (χ0v) is 15.7. The van der Waals surface area contributed by atoms with E-state index in [0.29, 0.717) is 12.1 Å². The number of aromatic nitrogens is 4. The molecule has 10 heteroatoms. The third-order valence-electron chi connectivity index (χ3n) is 4.15. The summed E-state index contributed by atoms with van der Waals surface area (Å²) in [6.07, 6.45) is 2.97. The first-order chi connectivity index (χ1) is 13.9. The predicted molar refractivity (Wildman–Crippen MR) is 99.2 cm³/mol. The van der Waals surface area contributed by atoms with E-state index < -0.39 is 17.7 Å². The number of aromatic carboxylic acids is 1. The lowest BCUT2D eigenvalue weighted by atomic mass is 10.2. The first kappa shape index (κ1) is 19.8. The largest absolute Gasteiger partial charge is 0.497 e. The first-order valence-corrected chi connectivity index (χ1v) is 8.49. The lowest BCUT2D eigenvalue weighted by Crippen LogP contribution is -2.17. The normalized spacial score (nSPS) is 10.6. The molecule has 2 heterocycles. The van der Waals surface area contributed by atoms with Crippen molar-refractivity contribution >= 4 is 17.7 Å². The van der Waals surface area contributed by atoms with Crippen LogP contribution in [-0.2, 0) is 17.8 Å². The highest BCUT2D eigenvalue weighted by atomic mass is 16.5. The lowest BCUT2D eigenvalue weighted by molar-refractivity contribution is 0.0591. The first-order valence-electron chi connectivity index (χ1n) is 8.49. The van der Waals surface area contributed by atoms with Crippen LogP contribution in [0.15, 0.2) is 42.7 Å². The minimum Gasteiger partial charge on any atom is -0.497 e. The molecule has 0 aliphatic heterocycles. The molecule has 0 atom stereocenters. The van der Waals surface area contributed by atoms with Crippen molar-refractivity contribution in [2.24, 2.45) is 0 Å². The Balaban J connectivity index is 1.74. The summed E-state index contributed by atoms with van der Waals surface area (Å²) in [5.41, 5.74) is 0.790. The highest BCUT2D eigenvalue weighted by Gasteiger charge is 2.21. The number of hydrogen-bond acceptors (Lipinski definition) is 7. The molecule has 0 radical (unpaired) electrons. The Bertz CT molecular complexity index is 1050. The average molecular weight is 398 g/mol. The molecule has 150 valence electrons. The van der Waals surface area contributed by atoms with Crippen LogP contribution in [0.3, 0.4) is 0 Å². The minimum absolute atomic E-state index is 0.187. The van der Waals surface area contributed by atoms with Crippen molar-refractivity contribution in [2.75, 3.05) is 14.2 Å². The Kier molecular flexibility index (Phi) is 5.72. The Morgan fingerprint density at radius 3 is 2.48 bits per heavy atom. The highest BCUT2D eigenvalue weighted by molar-refractivity contribution is 5.97. The molecule has 1 N–H and O–H groups in total. The zero-order valence-electron chi connectivity index (χ0n) is 15.7. The molecule has 0 fully saturated rings. The zero-order chi connectivity index (χ0) is 21.0. The Morgan fingerprint density at radius 1 is 1.14 bits per heavy atom. The smallest absolute Gasteiger partial charge is 0.358 e. The number of methoxy groups -OCH3 is 2. The van der Waals surface area contributed by atoms with Gasteiger partial charge < -0.3 is 14.6 Å². The van der Waals surface area contributed by atoms with E-state index in [9.17, 15) is 19.5 Å². The number of carboxylic acids is 1. The van der Waals surface area contributed by atoms with E-state index in [0.717, 1.165) is 29.2 Å². The Morgan fingerprint density at radius 2 is 1.86 bits per heavy atom. The van der Waals surface area contributed by atoms with Gasteiger partial charge in [-0.2, -0.15) is 10.2 Å². The summed E-state index contributed by atoms with van der Waals surface area (Å²) in [6.45, 7) is 0.0960. The summed E-state index contributed by atoms with van der Waals surface area (Å²) in [5, 5.41) is 17.3. The molecule has 0 amide bonds. The van der Waals surface area contributed by atoms with Crippen molar-refractivity contribution < 1.29 is 29.0 Å². The number of nitrogens with zero attached hydrogens (tertiary/aromatic N) is 4. The summed E-state index contributed by atoms with van der Waals surface area (Å²) in [7, 11) is 2.74. The topological polar surface area (TPSA) is 126 Å². The average Bonchev–Trinajstić information content (AvgIpc) is 3.35. The molecule has 0 spiro atoms. The van der Waals surface area contributed by atoms with Crippen LogP contribution in [0.25, 0.3) is 0 Å². The van der Waals surface area contributed by atoms with Crippen LogP contribution in [0.2, 0.25) is 0 Å². The second kappa shape index (κ2) is 8.38. The molecule has 29 heavy (non-hydrogen) atoms. The van der Waals surface area contributed by atoms with Crippen molar-refractivity contribution in [3.05, 3.63) is 65.2 Å². The molecule has 0 bridgehead atoms. The van der Waals surface area contributed by atoms with E-state index in [2.05, 4.69) is 14.9 Å². The van der Waals surface area contributed by atoms with Gasteiger partial charge in [0.2, 0.25) is 0 Å². The maximum atomic E-state index is 12.5. The maximum Gasteiger partial charge on any atom is 0.358 e. The fraction of sp³-hybridized carbons (Fsp3) is 0.211. The van der Waals surface area contributed by atoms with E-state index in [1.54, 1.807) is 18.0 Å². The molecular weight excluding hydrogens is 380 g/mol. The quantitative estimate of drug-likeness (QED) is 0.447. The van der Waals surface area contributed by atoms with E-state index in [1.165, 1.54) is 6.20 Å². The number of ether oxygens (including phenoxy) is 2. The molecular formula is C19H18N4O6. The molecule has 3 rings (SSSR count). The second-order valence-electron chi connectivity index (χ2n) is 6.07. The SMILES string of the molecule is COC(=O)c1cc(C(=O)O)n(CC(=O)c2cnn(Cc3ccc(OC)cc3)c2)n1. The summed E-state index contributed by atoms with van der Waals surface area (Å²) < 4.78 is 12.2.